The van der Waals surface area contributed by atoms with E-state index in [-0.39, 0.29) is 17.1 Å². The van der Waals surface area contributed by atoms with Gasteiger partial charge in [0.15, 0.2) is 0 Å². The minimum absolute atomic E-state index is 0.0883. The second-order valence-electron chi connectivity index (χ2n) is 9.33. The summed E-state index contributed by atoms with van der Waals surface area (Å²) in [5.41, 5.74) is 8.79. The zero-order valence-corrected chi connectivity index (χ0v) is 17.4. The molecule has 2 fully saturated rings. The van der Waals surface area contributed by atoms with Crippen molar-refractivity contribution in [1.29, 1.82) is 0 Å². The van der Waals surface area contributed by atoms with Crippen LogP contribution in [0.3, 0.4) is 0 Å². The SMILES string of the molecule is C[C@]12CC[C@@H]3c4ccc(O)cc4CC[C@H]3[C@@H]1CC[C@@H]2O.Nc1ccccc1C(=O)O. The van der Waals surface area contributed by atoms with Crippen molar-refractivity contribution in [1.82, 2.24) is 0 Å². The fraction of sp³-hybridized carbons (Fsp3) is 0.480. The van der Waals surface area contributed by atoms with Crippen molar-refractivity contribution in [3.05, 3.63) is 59.2 Å². The zero-order valence-electron chi connectivity index (χ0n) is 17.4. The zero-order chi connectivity index (χ0) is 21.5. The number of hydrogen-bond donors (Lipinski definition) is 4. The number of anilines is 1. The molecule has 0 aliphatic heterocycles. The predicted octanol–water partition coefficient (Wildman–Crippen LogP) is 4.58. The largest absolute Gasteiger partial charge is 0.508 e. The number of hydrogen-bond acceptors (Lipinski definition) is 4. The third-order valence-electron chi connectivity index (χ3n) is 7.85. The number of carboxylic acids is 1. The molecule has 5 nitrogen and oxygen atoms in total. The highest BCUT2D eigenvalue weighted by atomic mass is 16.4. The average Bonchev–Trinajstić information content (AvgIpc) is 3.03. The Bertz CT molecular complexity index is 942. The number of para-hydroxylation sites is 1. The van der Waals surface area contributed by atoms with Gasteiger partial charge in [-0.25, -0.2) is 4.79 Å². The molecular formula is C25H31NO4. The van der Waals surface area contributed by atoms with Gasteiger partial charge in [-0.15, -0.1) is 0 Å². The number of nitrogens with two attached hydrogens (primary N) is 1. The molecule has 2 aromatic carbocycles. The first-order valence-electron chi connectivity index (χ1n) is 10.9. The number of fused-ring (bicyclic) bond motifs is 5. The van der Waals surface area contributed by atoms with E-state index in [0.717, 1.165) is 25.2 Å². The maximum absolute atomic E-state index is 10.4. The molecule has 0 unspecified atom stereocenters. The number of aromatic hydroxyl groups is 1. The lowest BCUT2D eigenvalue weighted by Crippen LogP contribution is -2.43. The number of aryl methyl sites for hydroxylation is 1. The molecule has 5 N–H and O–H groups in total. The van der Waals surface area contributed by atoms with E-state index in [4.69, 9.17) is 10.8 Å². The number of nitrogen functional groups attached to an aromatic ring is 1. The first-order valence-corrected chi connectivity index (χ1v) is 10.9. The van der Waals surface area contributed by atoms with Crippen molar-refractivity contribution in [3.8, 4) is 5.75 Å². The first kappa shape index (κ1) is 20.7. The highest BCUT2D eigenvalue weighted by molar-refractivity contribution is 5.93. The van der Waals surface area contributed by atoms with Crippen LogP contribution in [0, 0.1) is 17.3 Å². The van der Waals surface area contributed by atoms with Gasteiger partial charge in [-0.05, 0) is 97.1 Å². The van der Waals surface area contributed by atoms with E-state index in [1.807, 2.05) is 12.1 Å². The Labute approximate surface area is 177 Å². The van der Waals surface area contributed by atoms with Gasteiger partial charge in [0, 0.05) is 5.69 Å². The molecule has 5 atom stereocenters. The summed E-state index contributed by atoms with van der Waals surface area (Å²) in [6.45, 7) is 2.32. The number of aliphatic hydroxyl groups is 1. The van der Waals surface area contributed by atoms with Gasteiger partial charge in [-0.2, -0.15) is 0 Å². The molecule has 0 bridgehead atoms. The average molecular weight is 410 g/mol. The Morgan fingerprint density at radius 1 is 1.10 bits per heavy atom. The molecule has 5 heteroatoms. The van der Waals surface area contributed by atoms with Crippen LogP contribution < -0.4 is 5.73 Å². The van der Waals surface area contributed by atoms with E-state index in [1.165, 1.54) is 36.5 Å². The quantitative estimate of drug-likeness (QED) is 0.516. The number of aromatic carboxylic acids is 1. The standard InChI is InChI=1S/C18H24O2.C7H7NO2/c1-18-9-8-14-13-5-3-12(19)10-11(13)2-4-15(14)16(18)6-7-17(18)20;8-6-4-2-1-3-5(6)7(9)10/h3,5,10,14-17,19-20H,2,4,6-9H2,1H3;1-4H,8H2,(H,9,10)/t14-,15-,16+,17+,18+;/m1./s1. The minimum atomic E-state index is -0.988. The summed E-state index contributed by atoms with van der Waals surface area (Å²) in [6.07, 6.45) is 6.78. The molecule has 0 heterocycles. The van der Waals surface area contributed by atoms with Crippen LogP contribution in [0.2, 0.25) is 0 Å². The predicted molar refractivity (Wildman–Crippen MR) is 117 cm³/mol. The van der Waals surface area contributed by atoms with Crippen LogP contribution in [0.1, 0.15) is 66.4 Å². The molecule has 30 heavy (non-hydrogen) atoms. The van der Waals surface area contributed by atoms with Gasteiger partial charge >= 0.3 is 5.97 Å². The topological polar surface area (TPSA) is 104 Å². The third kappa shape index (κ3) is 3.56. The van der Waals surface area contributed by atoms with E-state index in [1.54, 1.807) is 18.2 Å². The smallest absolute Gasteiger partial charge is 0.337 e. The maximum atomic E-state index is 10.4. The van der Waals surface area contributed by atoms with Crippen LogP contribution in [0.4, 0.5) is 5.69 Å². The Kier molecular flexibility index (Phi) is 5.49. The fourth-order valence-electron chi connectivity index (χ4n) is 6.23. The van der Waals surface area contributed by atoms with Gasteiger partial charge in [0.05, 0.1) is 11.7 Å². The van der Waals surface area contributed by atoms with Crippen molar-refractivity contribution in [2.45, 2.75) is 57.5 Å². The number of phenolic OH excluding ortho intramolecular Hbond substituents is 1. The molecule has 0 radical (unpaired) electrons. The first-order chi connectivity index (χ1) is 14.3. The number of aliphatic hydroxyl groups excluding tert-OH is 1. The fourth-order valence-corrected chi connectivity index (χ4v) is 6.23. The molecule has 3 aliphatic carbocycles. The summed E-state index contributed by atoms with van der Waals surface area (Å²) >= 11 is 0. The van der Waals surface area contributed by atoms with E-state index in [9.17, 15) is 15.0 Å². The summed E-state index contributed by atoms with van der Waals surface area (Å²) in [7, 11) is 0. The number of rotatable bonds is 1. The Morgan fingerprint density at radius 3 is 2.57 bits per heavy atom. The highest BCUT2D eigenvalue weighted by Gasteiger charge is 2.54. The summed E-state index contributed by atoms with van der Waals surface area (Å²) in [4.78, 5) is 10.3. The van der Waals surface area contributed by atoms with Crippen LogP contribution in [0.5, 0.6) is 5.75 Å². The van der Waals surface area contributed by atoms with Crippen LogP contribution in [-0.4, -0.2) is 27.4 Å². The van der Waals surface area contributed by atoms with Gasteiger partial charge < -0.3 is 21.1 Å². The maximum Gasteiger partial charge on any atom is 0.337 e. The molecule has 0 saturated heterocycles. The lowest BCUT2D eigenvalue weighted by molar-refractivity contribution is -0.0226. The van der Waals surface area contributed by atoms with Crippen molar-refractivity contribution in [2.24, 2.45) is 17.3 Å². The monoisotopic (exact) mass is 409 g/mol. The normalized spacial score (nSPS) is 31.5. The minimum Gasteiger partial charge on any atom is -0.508 e. The van der Waals surface area contributed by atoms with E-state index in [2.05, 4.69) is 13.0 Å². The summed E-state index contributed by atoms with van der Waals surface area (Å²) in [6, 6.07) is 12.3. The molecular weight excluding hydrogens is 378 g/mol. The summed E-state index contributed by atoms with van der Waals surface area (Å²) in [5.74, 6) is 1.50. The molecule has 2 saturated carbocycles. The van der Waals surface area contributed by atoms with Crippen LogP contribution in [0.25, 0.3) is 0 Å². The van der Waals surface area contributed by atoms with Gasteiger partial charge in [0.1, 0.15) is 5.75 Å². The van der Waals surface area contributed by atoms with Crippen molar-refractivity contribution in [3.63, 3.8) is 0 Å². The van der Waals surface area contributed by atoms with E-state index < -0.39 is 5.97 Å². The number of carbonyl (C=O) groups is 1. The second kappa shape index (κ2) is 7.95. The van der Waals surface area contributed by atoms with Gasteiger partial charge in [-0.3, -0.25) is 0 Å². The van der Waals surface area contributed by atoms with Crippen LogP contribution in [0.15, 0.2) is 42.5 Å². The van der Waals surface area contributed by atoms with Crippen molar-refractivity contribution in [2.75, 3.05) is 5.73 Å². The molecule has 2 aromatic rings. The molecule has 0 amide bonds. The number of carboxylic acid groups (broad SMARTS) is 1. The number of benzene rings is 2. The van der Waals surface area contributed by atoms with Crippen molar-refractivity contribution < 1.29 is 20.1 Å². The molecule has 0 spiro atoms. The van der Waals surface area contributed by atoms with Crippen molar-refractivity contribution >= 4 is 11.7 Å². The Morgan fingerprint density at radius 2 is 1.87 bits per heavy atom. The van der Waals surface area contributed by atoms with Gasteiger partial charge in [0.25, 0.3) is 0 Å². The molecule has 160 valence electrons. The number of phenols is 1. The highest BCUT2D eigenvalue weighted by Crippen LogP contribution is 2.60. The lowest BCUT2D eigenvalue weighted by atomic mass is 9.55. The van der Waals surface area contributed by atoms with Gasteiger partial charge in [-0.1, -0.05) is 25.1 Å². The summed E-state index contributed by atoms with van der Waals surface area (Å²) < 4.78 is 0. The third-order valence-corrected chi connectivity index (χ3v) is 7.85. The van der Waals surface area contributed by atoms with E-state index >= 15 is 0 Å². The van der Waals surface area contributed by atoms with Gasteiger partial charge in [0.2, 0.25) is 0 Å². The Hall–Kier alpha value is -2.53. The van der Waals surface area contributed by atoms with E-state index in [0.29, 0.717) is 23.3 Å². The molecule has 0 aromatic heterocycles. The molecule has 3 aliphatic rings. The Balaban J connectivity index is 0.000000185. The van der Waals surface area contributed by atoms with Crippen LogP contribution >= 0.6 is 0 Å². The summed E-state index contributed by atoms with van der Waals surface area (Å²) in [5, 5.41) is 28.5. The van der Waals surface area contributed by atoms with Crippen LogP contribution in [-0.2, 0) is 6.42 Å². The second-order valence-corrected chi connectivity index (χ2v) is 9.33. The lowest BCUT2D eigenvalue weighted by Gasteiger charge is -2.50. The molecule has 5 rings (SSSR count).